The Morgan fingerprint density at radius 2 is 1.78 bits per heavy atom. The van der Waals surface area contributed by atoms with Crippen LogP contribution in [0.2, 0.25) is 0 Å². The molecule has 0 bridgehead atoms. The number of methoxy groups -OCH3 is 1. The maximum atomic E-state index is 9.94. The summed E-state index contributed by atoms with van der Waals surface area (Å²) in [6.45, 7) is 1.79. The average Bonchev–Trinajstić information content (AvgIpc) is 2.54. The molecule has 0 saturated heterocycles. The third-order valence-corrected chi connectivity index (χ3v) is 3.32. The van der Waals surface area contributed by atoms with E-state index >= 15 is 0 Å². The van der Waals surface area contributed by atoms with E-state index in [9.17, 15) is 15.3 Å². The van der Waals surface area contributed by atoms with Gasteiger partial charge in [-0.25, -0.2) is 0 Å². The number of benzene rings is 2. The Balaban J connectivity index is 2.26. The van der Waals surface area contributed by atoms with Crippen molar-refractivity contribution in [2.24, 2.45) is 0 Å². The predicted octanol–water partition coefficient (Wildman–Crippen LogP) is 2.15. The fourth-order valence-electron chi connectivity index (χ4n) is 2.28. The third kappa shape index (κ3) is 4.28. The minimum atomic E-state index is -0.792. The summed E-state index contributed by atoms with van der Waals surface area (Å²) in [5.74, 6) is 0.208. The van der Waals surface area contributed by atoms with Crippen molar-refractivity contribution in [3.8, 4) is 23.0 Å². The SMILES string of the molecule is COc1c(C(COc2ccccc2)NC(C)O)ccc(O)c1O. The van der Waals surface area contributed by atoms with Crippen LogP contribution in [0.3, 0.4) is 0 Å². The van der Waals surface area contributed by atoms with Gasteiger partial charge in [0, 0.05) is 5.56 Å². The van der Waals surface area contributed by atoms with Gasteiger partial charge in [-0.15, -0.1) is 0 Å². The molecule has 2 unspecified atom stereocenters. The summed E-state index contributed by atoms with van der Waals surface area (Å²) in [5.41, 5.74) is 0.569. The maximum absolute atomic E-state index is 9.94. The maximum Gasteiger partial charge on any atom is 0.200 e. The van der Waals surface area contributed by atoms with Gasteiger partial charge < -0.3 is 24.8 Å². The minimum absolute atomic E-state index is 0.139. The van der Waals surface area contributed by atoms with E-state index in [4.69, 9.17) is 9.47 Å². The third-order valence-electron chi connectivity index (χ3n) is 3.32. The van der Waals surface area contributed by atoms with E-state index in [0.717, 1.165) is 0 Å². The standard InChI is InChI=1S/C17H21NO5/c1-11(19)18-14(10-23-12-6-4-3-5-7-12)13-8-9-15(20)16(21)17(13)22-2/h3-9,11,14,18-21H,10H2,1-2H3. The zero-order valence-corrected chi connectivity index (χ0v) is 13.1. The molecule has 4 N–H and O–H groups in total. The van der Waals surface area contributed by atoms with E-state index < -0.39 is 12.3 Å². The molecule has 2 rings (SSSR count). The molecule has 0 amide bonds. The summed E-state index contributed by atoms with van der Waals surface area (Å²) in [6.07, 6.45) is -0.792. The lowest BCUT2D eigenvalue weighted by atomic mass is 10.0. The summed E-state index contributed by atoms with van der Waals surface area (Å²) in [6, 6.07) is 11.8. The van der Waals surface area contributed by atoms with Gasteiger partial charge in [-0.3, -0.25) is 5.32 Å². The summed E-state index contributed by atoms with van der Waals surface area (Å²) < 4.78 is 10.9. The molecular weight excluding hydrogens is 298 g/mol. The van der Waals surface area contributed by atoms with Crippen molar-refractivity contribution in [3.05, 3.63) is 48.0 Å². The van der Waals surface area contributed by atoms with Gasteiger partial charge in [-0.1, -0.05) is 18.2 Å². The number of hydrogen-bond donors (Lipinski definition) is 4. The highest BCUT2D eigenvalue weighted by Gasteiger charge is 2.22. The molecule has 0 aliphatic rings. The summed E-state index contributed by atoms with van der Waals surface area (Å²) >= 11 is 0. The van der Waals surface area contributed by atoms with Crippen molar-refractivity contribution in [2.45, 2.75) is 19.2 Å². The van der Waals surface area contributed by atoms with E-state index in [0.29, 0.717) is 11.3 Å². The zero-order chi connectivity index (χ0) is 16.8. The molecule has 0 saturated carbocycles. The monoisotopic (exact) mass is 319 g/mol. The Kier molecular flexibility index (Phi) is 5.67. The molecule has 0 fully saturated rings. The highest BCUT2D eigenvalue weighted by atomic mass is 16.5. The Morgan fingerprint density at radius 3 is 2.39 bits per heavy atom. The van der Waals surface area contributed by atoms with E-state index in [-0.39, 0.29) is 23.9 Å². The van der Waals surface area contributed by atoms with Gasteiger partial charge in [0.15, 0.2) is 11.5 Å². The number of aromatic hydroxyl groups is 2. The van der Waals surface area contributed by atoms with Crippen molar-refractivity contribution >= 4 is 0 Å². The Labute approximate surface area is 134 Å². The summed E-state index contributed by atoms with van der Waals surface area (Å²) in [7, 11) is 1.40. The van der Waals surface area contributed by atoms with Crippen LogP contribution in [0.15, 0.2) is 42.5 Å². The first-order chi connectivity index (χ1) is 11.0. The number of aliphatic hydroxyl groups is 1. The van der Waals surface area contributed by atoms with Crippen LogP contribution in [0, 0.1) is 0 Å². The van der Waals surface area contributed by atoms with E-state index in [1.54, 1.807) is 13.0 Å². The van der Waals surface area contributed by atoms with Gasteiger partial charge in [0.05, 0.1) is 13.2 Å². The molecule has 0 aliphatic carbocycles. The predicted molar refractivity (Wildman–Crippen MR) is 85.8 cm³/mol. The molecular formula is C17H21NO5. The second kappa shape index (κ2) is 7.71. The number of aliphatic hydroxyl groups excluding tert-OH is 1. The first kappa shape index (κ1) is 16.9. The Morgan fingerprint density at radius 1 is 1.09 bits per heavy atom. The number of hydrogen-bond acceptors (Lipinski definition) is 6. The van der Waals surface area contributed by atoms with Crippen LogP contribution in [0.4, 0.5) is 0 Å². The molecule has 0 spiro atoms. The average molecular weight is 319 g/mol. The largest absolute Gasteiger partial charge is 0.504 e. The molecule has 2 aromatic rings. The van der Waals surface area contributed by atoms with Crippen LogP contribution < -0.4 is 14.8 Å². The molecule has 2 aromatic carbocycles. The topological polar surface area (TPSA) is 91.2 Å². The minimum Gasteiger partial charge on any atom is -0.504 e. The highest BCUT2D eigenvalue weighted by molar-refractivity contribution is 5.55. The lowest BCUT2D eigenvalue weighted by Crippen LogP contribution is -2.34. The smallest absolute Gasteiger partial charge is 0.200 e. The molecule has 0 heterocycles. The zero-order valence-electron chi connectivity index (χ0n) is 13.1. The molecule has 0 aromatic heterocycles. The van der Waals surface area contributed by atoms with Crippen LogP contribution in [-0.2, 0) is 0 Å². The number of ether oxygens (including phenoxy) is 2. The van der Waals surface area contributed by atoms with E-state index in [1.165, 1.54) is 13.2 Å². The number of phenolic OH excluding ortho intramolecular Hbond substituents is 2. The van der Waals surface area contributed by atoms with Gasteiger partial charge >= 0.3 is 0 Å². The number of phenols is 2. The lowest BCUT2D eigenvalue weighted by Gasteiger charge is -2.23. The van der Waals surface area contributed by atoms with Crippen LogP contribution in [-0.4, -0.2) is 35.3 Å². The quantitative estimate of drug-likeness (QED) is 0.462. The molecule has 124 valence electrons. The second-order valence-electron chi connectivity index (χ2n) is 5.08. The molecule has 0 radical (unpaired) electrons. The van der Waals surface area contributed by atoms with E-state index in [1.807, 2.05) is 30.3 Å². The highest BCUT2D eigenvalue weighted by Crippen LogP contribution is 2.40. The molecule has 23 heavy (non-hydrogen) atoms. The van der Waals surface area contributed by atoms with Gasteiger partial charge in [0.1, 0.15) is 18.6 Å². The lowest BCUT2D eigenvalue weighted by molar-refractivity contribution is 0.122. The fourth-order valence-corrected chi connectivity index (χ4v) is 2.28. The summed E-state index contributed by atoms with van der Waals surface area (Å²) in [5, 5.41) is 32.1. The molecule has 6 heteroatoms. The van der Waals surface area contributed by atoms with Gasteiger partial charge in [0.25, 0.3) is 0 Å². The van der Waals surface area contributed by atoms with Crippen molar-refractivity contribution < 1.29 is 24.8 Å². The van der Waals surface area contributed by atoms with Crippen molar-refractivity contribution in [2.75, 3.05) is 13.7 Å². The van der Waals surface area contributed by atoms with Crippen LogP contribution in [0.1, 0.15) is 18.5 Å². The van der Waals surface area contributed by atoms with Crippen LogP contribution in [0.5, 0.6) is 23.0 Å². The normalized spacial score (nSPS) is 13.3. The Hall–Kier alpha value is -2.44. The number of nitrogens with one attached hydrogen (secondary N) is 1. The first-order valence-corrected chi connectivity index (χ1v) is 7.23. The molecule has 2 atom stereocenters. The molecule has 0 aliphatic heterocycles. The second-order valence-corrected chi connectivity index (χ2v) is 5.08. The fraction of sp³-hybridized carbons (Fsp3) is 0.294. The van der Waals surface area contributed by atoms with Crippen LogP contribution in [0.25, 0.3) is 0 Å². The van der Waals surface area contributed by atoms with Gasteiger partial charge in [-0.2, -0.15) is 0 Å². The van der Waals surface area contributed by atoms with Crippen molar-refractivity contribution in [1.82, 2.24) is 5.32 Å². The number of para-hydroxylation sites is 1. The van der Waals surface area contributed by atoms with Crippen LogP contribution >= 0.6 is 0 Å². The molecule has 6 nitrogen and oxygen atoms in total. The van der Waals surface area contributed by atoms with Crippen molar-refractivity contribution in [1.29, 1.82) is 0 Å². The summed E-state index contributed by atoms with van der Waals surface area (Å²) in [4.78, 5) is 0. The number of rotatable bonds is 7. The van der Waals surface area contributed by atoms with Crippen molar-refractivity contribution in [3.63, 3.8) is 0 Å². The van der Waals surface area contributed by atoms with Gasteiger partial charge in [0.2, 0.25) is 5.75 Å². The Bertz CT molecular complexity index is 630. The van der Waals surface area contributed by atoms with E-state index in [2.05, 4.69) is 5.32 Å². The van der Waals surface area contributed by atoms with Gasteiger partial charge in [-0.05, 0) is 31.2 Å². The first-order valence-electron chi connectivity index (χ1n) is 7.23.